The first-order valence-corrected chi connectivity index (χ1v) is 8.05. The van der Waals surface area contributed by atoms with Crippen LogP contribution in [-0.4, -0.2) is 29.3 Å². The molecule has 7 heteroatoms. The van der Waals surface area contributed by atoms with Gasteiger partial charge in [0, 0.05) is 23.8 Å². The predicted molar refractivity (Wildman–Crippen MR) is 90.0 cm³/mol. The lowest BCUT2D eigenvalue weighted by Gasteiger charge is -2.03. The van der Waals surface area contributed by atoms with E-state index >= 15 is 0 Å². The number of thioether (sulfide) groups is 1. The van der Waals surface area contributed by atoms with Crippen molar-refractivity contribution in [2.75, 3.05) is 6.26 Å². The van der Waals surface area contributed by atoms with E-state index < -0.39 is 11.8 Å². The molecule has 0 aliphatic carbocycles. The lowest BCUT2D eigenvalue weighted by molar-refractivity contribution is -0.139. The first-order chi connectivity index (χ1) is 11.2. The quantitative estimate of drug-likeness (QED) is 0.378. The molecular formula is C16H16N4O2S. The van der Waals surface area contributed by atoms with Gasteiger partial charge < -0.3 is 5.32 Å². The molecule has 2 aromatic rings. The van der Waals surface area contributed by atoms with Gasteiger partial charge in [0.2, 0.25) is 0 Å². The van der Waals surface area contributed by atoms with Gasteiger partial charge in [-0.15, -0.1) is 11.8 Å². The van der Waals surface area contributed by atoms with Crippen molar-refractivity contribution in [1.29, 1.82) is 0 Å². The maximum absolute atomic E-state index is 11.6. The van der Waals surface area contributed by atoms with Crippen LogP contribution in [-0.2, 0) is 16.1 Å². The van der Waals surface area contributed by atoms with Crippen LogP contribution in [0.2, 0.25) is 0 Å². The Kier molecular flexibility index (Phi) is 6.31. The standard InChI is InChI=1S/C16H16N4O2S/c1-23-14-4-2-12(3-5-14)11-19-20-16(22)15(21)18-10-13-6-8-17-9-7-13/h2-9,11H,10H2,1H3,(H,18,21)(H,20,22)/b19-11-. The summed E-state index contributed by atoms with van der Waals surface area (Å²) in [5, 5.41) is 6.28. The van der Waals surface area contributed by atoms with Gasteiger partial charge in [-0.25, -0.2) is 5.43 Å². The highest BCUT2D eigenvalue weighted by atomic mass is 32.2. The van der Waals surface area contributed by atoms with E-state index in [0.717, 1.165) is 16.0 Å². The molecule has 0 fully saturated rings. The third-order valence-electron chi connectivity index (χ3n) is 2.90. The molecule has 118 valence electrons. The van der Waals surface area contributed by atoms with Gasteiger partial charge in [0.15, 0.2) is 0 Å². The third-order valence-corrected chi connectivity index (χ3v) is 3.65. The zero-order valence-electron chi connectivity index (χ0n) is 12.5. The summed E-state index contributed by atoms with van der Waals surface area (Å²) in [4.78, 5) is 28.2. The summed E-state index contributed by atoms with van der Waals surface area (Å²) >= 11 is 1.64. The molecule has 0 bridgehead atoms. The van der Waals surface area contributed by atoms with Gasteiger partial charge in [-0.05, 0) is 41.6 Å². The van der Waals surface area contributed by atoms with Crippen LogP contribution in [0.1, 0.15) is 11.1 Å². The Balaban J connectivity index is 1.79. The molecule has 0 aliphatic heterocycles. The molecule has 1 heterocycles. The van der Waals surface area contributed by atoms with Crippen LogP contribution >= 0.6 is 11.8 Å². The molecule has 0 aliphatic rings. The SMILES string of the molecule is CSc1ccc(/C=N\NC(=O)C(=O)NCc2ccncc2)cc1. The number of hydrazone groups is 1. The molecule has 6 nitrogen and oxygen atoms in total. The Hall–Kier alpha value is -2.67. The summed E-state index contributed by atoms with van der Waals surface area (Å²) in [6.45, 7) is 0.259. The summed E-state index contributed by atoms with van der Waals surface area (Å²) in [5.41, 5.74) is 3.89. The molecule has 0 atom stereocenters. The molecule has 1 aromatic heterocycles. The summed E-state index contributed by atoms with van der Waals surface area (Å²) in [6, 6.07) is 11.2. The molecule has 23 heavy (non-hydrogen) atoms. The Morgan fingerprint density at radius 3 is 2.48 bits per heavy atom. The van der Waals surface area contributed by atoms with Gasteiger partial charge in [0.1, 0.15) is 0 Å². The van der Waals surface area contributed by atoms with Gasteiger partial charge in [-0.1, -0.05) is 12.1 Å². The number of carbonyl (C=O) groups is 2. The molecule has 0 saturated carbocycles. The Labute approximate surface area is 138 Å². The Morgan fingerprint density at radius 1 is 1.13 bits per heavy atom. The van der Waals surface area contributed by atoms with E-state index in [1.807, 2.05) is 30.5 Å². The fourth-order valence-corrected chi connectivity index (χ4v) is 2.08. The predicted octanol–water partition coefficient (Wildman–Crippen LogP) is 1.57. The van der Waals surface area contributed by atoms with E-state index in [1.165, 1.54) is 6.21 Å². The second-order valence-corrected chi connectivity index (χ2v) is 5.39. The fraction of sp³-hybridized carbons (Fsp3) is 0.125. The number of amides is 2. The van der Waals surface area contributed by atoms with E-state index in [1.54, 1.807) is 36.3 Å². The number of nitrogens with zero attached hydrogens (tertiary/aromatic N) is 2. The van der Waals surface area contributed by atoms with Crippen molar-refractivity contribution in [2.45, 2.75) is 11.4 Å². The average Bonchev–Trinajstić information content (AvgIpc) is 2.61. The zero-order chi connectivity index (χ0) is 16.5. The third kappa shape index (κ3) is 5.55. The van der Waals surface area contributed by atoms with E-state index in [0.29, 0.717) is 0 Å². The second kappa shape index (κ2) is 8.70. The zero-order valence-corrected chi connectivity index (χ0v) is 13.3. The number of hydrogen-bond donors (Lipinski definition) is 2. The smallest absolute Gasteiger partial charge is 0.329 e. The molecule has 0 saturated heterocycles. The first-order valence-electron chi connectivity index (χ1n) is 6.83. The minimum absolute atomic E-state index is 0.259. The van der Waals surface area contributed by atoms with E-state index in [9.17, 15) is 9.59 Å². The average molecular weight is 328 g/mol. The van der Waals surface area contributed by atoms with Gasteiger partial charge in [0.25, 0.3) is 0 Å². The summed E-state index contributed by atoms with van der Waals surface area (Å²) in [5.74, 6) is -1.55. The second-order valence-electron chi connectivity index (χ2n) is 4.51. The minimum atomic E-state index is -0.809. The lowest BCUT2D eigenvalue weighted by atomic mass is 10.2. The van der Waals surface area contributed by atoms with Crippen molar-refractivity contribution in [1.82, 2.24) is 15.7 Å². The number of hydrogen-bond acceptors (Lipinski definition) is 5. The van der Waals surface area contributed by atoms with Crippen molar-refractivity contribution in [3.8, 4) is 0 Å². The molecule has 2 rings (SSSR count). The summed E-state index contributed by atoms with van der Waals surface area (Å²) < 4.78 is 0. The first kappa shape index (κ1) is 16.7. The molecule has 1 aromatic carbocycles. The number of rotatable bonds is 5. The van der Waals surface area contributed by atoms with Gasteiger partial charge in [0.05, 0.1) is 6.21 Å². The van der Waals surface area contributed by atoms with Crippen LogP contribution in [0.15, 0.2) is 58.8 Å². The number of benzene rings is 1. The number of pyridine rings is 1. The van der Waals surface area contributed by atoms with Gasteiger partial charge in [-0.3, -0.25) is 14.6 Å². The molecule has 0 unspecified atom stereocenters. The number of aromatic nitrogens is 1. The highest BCUT2D eigenvalue weighted by Crippen LogP contribution is 2.13. The van der Waals surface area contributed by atoms with Crippen molar-refractivity contribution in [3.05, 3.63) is 59.9 Å². The van der Waals surface area contributed by atoms with Crippen LogP contribution < -0.4 is 10.7 Å². The van der Waals surface area contributed by atoms with Crippen molar-refractivity contribution in [2.24, 2.45) is 5.10 Å². The fourth-order valence-electron chi connectivity index (χ4n) is 1.67. The van der Waals surface area contributed by atoms with Crippen molar-refractivity contribution in [3.63, 3.8) is 0 Å². The lowest BCUT2D eigenvalue weighted by Crippen LogP contribution is -2.37. The molecule has 0 spiro atoms. The van der Waals surface area contributed by atoms with E-state index in [2.05, 4.69) is 20.8 Å². The highest BCUT2D eigenvalue weighted by molar-refractivity contribution is 7.98. The molecule has 2 amide bonds. The highest BCUT2D eigenvalue weighted by Gasteiger charge is 2.11. The molecular weight excluding hydrogens is 312 g/mol. The van der Waals surface area contributed by atoms with Crippen molar-refractivity contribution < 1.29 is 9.59 Å². The number of nitrogens with one attached hydrogen (secondary N) is 2. The maximum Gasteiger partial charge on any atom is 0.329 e. The van der Waals surface area contributed by atoms with Crippen LogP contribution in [0.25, 0.3) is 0 Å². The maximum atomic E-state index is 11.6. The van der Waals surface area contributed by atoms with Crippen LogP contribution in [0, 0.1) is 0 Å². The Morgan fingerprint density at radius 2 is 1.83 bits per heavy atom. The largest absolute Gasteiger partial charge is 0.344 e. The van der Waals surface area contributed by atoms with Gasteiger partial charge >= 0.3 is 11.8 Å². The van der Waals surface area contributed by atoms with Crippen molar-refractivity contribution >= 4 is 29.8 Å². The van der Waals surface area contributed by atoms with Crippen LogP contribution in [0.3, 0.4) is 0 Å². The van der Waals surface area contributed by atoms with Crippen LogP contribution in [0.4, 0.5) is 0 Å². The summed E-state index contributed by atoms with van der Waals surface area (Å²) in [7, 11) is 0. The van der Waals surface area contributed by atoms with E-state index in [4.69, 9.17) is 0 Å². The van der Waals surface area contributed by atoms with E-state index in [-0.39, 0.29) is 6.54 Å². The van der Waals surface area contributed by atoms with Gasteiger partial charge in [-0.2, -0.15) is 5.10 Å². The molecule has 0 radical (unpaired) electrons. The normalized spacial score (nSPS) is 10.5. The number of carbonyl (C=O) groups excluding carboxylic acids is 2. The topological polar surface area (TPSA) is 83.5 Å². The summed E-state index contributed by atoms with van der Waals surface area (Å²) in [6.07, 6.45) is 6.72. The van der Waals surface area contributed by atoms with Crippen LogP contribution in [0.5, 0.6) is 0 Å². The monoisotopic (exact) mass is 328 g/mol. The molecule has 2 N–H and O–H groups in total. The minimum Gasteiger partial charge on any atom is -0.344 e. The Bertz CT molecular complexity index is 687.